The van der Waals surface area contributed by atoms with E-state index in [0.29, 0.717) is 10.2 Å². The van der Waals surface area contributed by atoms with Crippen molar-refractivity contribution in [3.63, 3.8) is 0 Å². The fourth-order valence-corrected chi connectivity index (χ4v) is 2.20. The number of rotatable bonds is 4. The number of carboxylic acid groups (broad SMARTS) is 1. The van der Waals surface area contributed by atoms with E-state index in [2.05, 4.69) is 15.5 Å². The summed E-state index contributed by atoms with van der Waals surface area (Å²) in [5.74, 6) is -0.344. The minimum Gasteiger partial charge on any atom is -0.481 e. The predicted octanol–water partition coefficient (Wildman–Crippen LogP) is 1.53. The van der Waals surface area contributed by atoms with Gasteiger partial charge in [0.25, 0.3) is 0 Å². The van der Waals surface area contributed by atoms with Gasteiger partial charge >= 0.3 is 5.97 Å². The number of halogens is 1. The van der Waals surface area contributed by atoms with Gasteiger partial charge in [0.05, 0.1) is 22.2 Å². The number of aromatic nitrogens is 4. The fraction of sp³-hybridized carbons (Fsp3) is 0.250. The van der Waals surface area contributed by atoms with Gasteiger partial charge in [-0.3, -0.25) is 4.79 Å². The van der Waals surface area contributed by atoms with Crippen LogP contribution in [0.2, 0.25) is 4.34 Å². The van der Waals surface area contributed by atoms with Crippen LogP contribution in [0.3, 0.4) is 0 Å². The summed E-state index contributed by atoms with van der Waals surface area (Å²) in [6.07, 6.45) is -0.0167. The van der Waals surface area contributed by atoms with Crippen molar-refractivity contribution in [3.8, 4) is 10.7 Å². The number of aliphatic carboxylic acids is 1. The lowest BCUT2D eigenvalue weighted by Crippen LogP contribution is -2.07. The Morgan fingerprint density at radius 2 is 2.38 bits per heavy atom. The number of thiophene rings is 1. The van der Waals surface area contributed by atoms with Crippen LogP contribution in [0.5, 0.6) is 0 Å². The normalized spacial score (nSPS) is 10.6. The third-order valence-corrected chi connectivity index (χ3v) is 3.09. The molecule has 2 rings (SSSR count). The fourth-order valence-electron chi connectivity index (χ4n) is 1.17. The van der Waals surface area contributed by atoms with Crippen molar-refractivity contribution in [2.45, 2.75) is 13.0 Å². The van der Waals surface area contributed by atoms with E-state index in [1.54, 1.807) is 12.1 Å². The van der Waals surface area contributed by atoms with Crippen molar-refractivity contribution < 1.29 is 9.90 Å². The molecule has 2 aromatic rings. The average Bonchev–Trinajstić information content (AvgIpc) is 2.82. The summed E-state index contributed by atoms with van der Waals surface area (Å²) in [5, 5.41) is 19.7. The molecule has 0 atom stereocenters. The van der Waals surface area contributed by atoms with E-state index in [0.717, 1.165) is 4.88 Å². The second kappa shape index (κ2) is 4.58. The number of hydrogen-bond donors (Lipinski definition) is 1. The van der Waals surface area contributed by atoms with E-state index in [-0.39, 0.29) is 13.0 Å². The number of carbonyl (C=O) groups is 1. The first-order valence-electron chi connectivity index (χ1n) is 4.40. The Kier molecular flexibility index (Phi) is 3.16. The van der Waals surface area contributed by atoms with E-state index in [4.69, 9.17) is 16.7 Å². The zero-order valence-electron chi connectivity index (χ0n) is 8.00. The van der Waals surface area contributed by atoms with Gasteiger partial charge in [-0.1, -0.05) is 11.6 Å². The molecule has 0 aliphatic rings. The van der Waals surface area contributed by atoms with Crippen molar-refractivity contribution >= 4 is 28.9 Å². The molecule has 0 fully saturated rings. The maximum Gasteiger partial charge on any atom is 0.305 e. The van der Waals surface area contributed by atoms with Crippen molar-refractivity contribution in [2.24, 2.45) is 0 Å². The quantitative estimate of drug-likeness (QED) is 0.899. The van der Waals surface area contributed by atoms with Gasteiger partial charge in [0, 0.05) is 0 Å². The lowest BCUT2D eigenvalue weighted by Gasteiger charge is -1.99. The molecule has 16 heavy (non-hydrogen) atoms. The lowest BCUT2D eigenvalue weighted by atomic mass is 10.4. The molecule has 0 aromatic carbocycles. The van der Waals surface area contributed by atoms with Crippen LogP contribution in [0.1, 0.15) is 6.42 Å². The molecular weight excluding hydrogens is 252 g/mol. The Morgan fingerprint density at radius 1 is 1.56 bits per heavy atom. The van der Waals surface area contributed by atoms with Gasteiger partial charge in [-0.05, 0) is 22.6 Å². The van der Waals surface area contributed by atoms with Crippen molar-refractivity contribution in [1.29, 1.82) is 0 Å². The molecule has 0 saturated heterocycles. The molecule has 6 nitrogen and oxygen atoms in total. The number of aryl methyl sites for hydroxylation is 1. The first-order chi connectivity index (χ1) is 7.66. The Hall–Kier alpha value is -1.47. The molecule has 0 bridgehead atoms. The summed E-state index contributed by atoms with van der Waals surface area (Å²) in [5.41, 5.74) is 0. The van der Waals surface area contributed by atoms with Crippen molar-refractivity contribution in [2.75, 3.05) is 0 Å². The van der Waals surface area contributed by atoms with E-state index in [9.17, 15) is 4.79 Å². The van der Waals surface area contributed by atoms with Crippen LogP contribution in [0.15, 0.2) is 12.1 Å². The van der Waals surface area contributed by atoms with E-state index in [1.807, 2.05) is 0 Å². The van der Waals surface area contributed by atoms with Gasteiger partial charge in [0.15, 0.2) is 5.82 Å². The van der Waals surface area contributed by atoms with Gasteiger partial charge in [0.1, 0.15) is 0 Å². The molecule has 1 N–H and O–H groups in total. The number of tetrazole rings is 1. The maximum absolute atomic E-state index is 10.4. The zero-order valence-corrected chi connectivity index (χ0v) is 9.57. The van der Waals surface area contributed by atoms with E-state index < -0.39 is 5.97 Å². The van der Waals surface area contributed by atoms with Crippen LogP contribution in [0.25, 0.3) is 10.7 Å². The van der Waals surface area contributed by atoms with Crippen LogP contribution >= 0.6 is 22.9 Å². The molecule has 0 radical (unpaired) electrons. The van der Waals surface area contributed by atoms with Crippen LogP contribution in [-0.2, 0) is 11.3 Å². The summed E-state index contributed by atoms with van der Waals surface area (Å²) in [7, 11) is 0. The predicted molar refractivity (Wildman–Crippen MR) is 58.4 cm³/mol. The van der Waals surface area contributed by atoms with Crippen molar-refractivity contribution in [1.82, 2.24) is 20.2 Å². The molecule has 0 saturated carbocycles. The minimum atomic E-state index is -0.884. The molecule has 8 heteroatoms. The van der Waals surface area contributed by atoms with Gasteiger partial charge in [-0.2, -0.15) is 0 Å². The number of hydrogen-bond acceptors (Lipinski definition) is 5. The smallest absolute Gasteiger partial charge is 0.305 e. The molecule has 2 aromatic heterocycles. The minimum absolute atomic E-state index is 0.0167. The standard InChI is InChI=1S/C8H7ClN4O2S/c9-6-2-1-5(16-6)8-10-11-12-13(8)4-3-7(14)15/h1-2H,3-4H2,(H,14,15). The molecule has 0 aliphatic carbocycles. The van der Waals surface area contributed by atoms with E-state index >= 15 is 0 Å². The van der Waals surface area contributed by atoms with Gasteiger partial charge < -0.3 is 5.11 Å². The molecular formula is C8H7ClN4O2S. The van der Waals surface area contributed by atoms with Gasteiger partial charge in [-0.15, -0.1) is 16.4 Å². The van der Waals surface area contributed by atoms with Crippen molar-refractivity contribution in [3.05, 3.63) is 16.5 Å². The molecule has 0 spiro atoms. The highest BCUT2D eigenvalue weighted by molar-refractivity contribution is 7.19. The largest absolute Gasteiger partial charge is 0.481 e. The lowest BCUT2D eigenvalue weighted by molar-refractivity contribution is -0.137. The monoisotopic (exact) mass is 258 g/mol. The first kappa shape index (κ1) is 11.0. The molecule has 0 amide bonds. The zero-order chi connectivity index (χ0) is 11.5. The Labute approximate surface area is 99.5 Å². The van der Waals surface area contributed by atoms with Crippen LogP contribution in [0, 0.1) is 0 Å². The summed E-state index contributed by atoms with van der Waals surface area (Å²) in [4.78, 5) is 11.3. The number of nitrogens with zero attached hydrogens (tertiary/aromatic N) is 4. The highest BCUT2D eigenvalue weighted by atomic mass is 35.5. The Balaban J connectivity index is 2.22. The van der Waals surface area contributed by atoms with Crippen LogP contribution < -0.4 is 0 Å². The second-order valence-corrected chi connectivity index (χ2v) is 4.69. The topological polar surface area (TPSA) is 80.9 Å². The molecule has 0 aliphatic heterocycles. The van der Waals surface area contributed by atoms with Gasteiger partial charge in [0.2, 0.25) is 0 Å². The third-order valence-electron chi connectivity index (χ3n) is 1.86. The summed E-state index contributed by atoms with van der Waals surface area (Å²) >= 11 is 7.15. The number of carboxylic acids is 1. The average molecular weight is 259 g/mol. The molecule has 0 unspecified atom stereocenters. The SMILES string of the molecule is O=C(O)CCn1nnnc1-c1ccc(Cl)s1. The summed E-state index contributed by atoms with van der Waals surface area (Å²) < 4.78 is 2.10. The molecule has 2 heterocycles. The Morgan fingerprint density at radius 3 is 3.00 bits per heavy atom. The maximum atomic E-state index is 10.4. The summed E-state index contributed by atoms with van der Waals surface area (Å²) in [6, 6.07) is 3.55. The van der Waals surface area contributed by atoms with Crippen LogP contribution in [-0.4, -0.2) is 31.3 Å². The van der Waals surface area contributed by atoms with Crippen LogP contribution in [0.4, 0.5) is 0 Å². The summed E-state index contributed by atoms with van der Waals surface area (Å²) in [6.45, 7) is 0.243. The molecule has 84 valence electrons. The van der Waals surface area contributed by atoms with Gasteiger partial charge in [-0.25, -0.2) is 4.68 Å². The van der Waals surface area contributed by atoms with E-state index in [1.165, 1.54) is 16.0 Å². The highest BCUT2D eigenvalue weighted by Gasteiger charge is 2.11. The first-order valence-corrected chi connectivity index (χ1v) is 5.60. The third kappa shape index (κ3) is 2.37. The highest BCUT2D eigenvalue weighted by Crippen LogP contribution is 2.29. The second-order valence-electron chi connectivity index (χ2n) is 2.97. The Bertz CT molecular complexity index is 510.